The normalized spacial score (nSPS) is 11.9. The van der Waals surface area contributed by atoms with Crippen LogP contribution in [0, 0.1) is 6.92 Å². The minimum Gasteiger partial charge on any atom is -0.487 e. The van der Waals surface area contributed by atoms with Crippen molar-refractivity contribution in [1.82, 2.24) is 15.0 Å². The molecule has 0 bridgehead atoms. The van der Waals surface area contributed by atoms with E-state index >= 15 is 0 Å². The summed E-state index contributed by atoms with van der Waals surface area (Å²) in [5.74, 6) is 2.08. The summed E-state index contributed by atoms with van der Waals surface area (Å²) in [6.07, 6.45) is 0. The number of aromatic amines is 1. The smallest absolute Gasteiger partial charge is 0.163 e. The molecule has 0 radical (unpaired) electrons. The number of anilines is 1. The standard InChI is InChI=1S/C28H26N4O2/c1-19-9-8-14-23(15-19)34-18-22-16-24-27(29-22)31-26(21-12-6-3-7-13-21)32-28(24)30-25(17-33)20-10-4-2-5-11-20/h2-16,25,33H,17-18H2,1H3,(H2,29,30,31,32)/t25-/m1/s1. The largest absolute Gasteiger partial charge is 0.487 e. The number of aryl methyl sites for hydroxylation is 1. The average molecular weight is 451 g/mol. The second-order valence-corrected chi connectivity index (χ2v) is 8.21. The van der Waals surface area contributed by atoms with E-state index in [-0.39, 0.29) is 12.6 Å². The maximum absolute atomic E-state index is 10.1. The van der Waals surface area contributed by atoms with Crippen LogP contribution in [0.25, 0.3) is 22.4 Å². The van der Waals surface area contributed by atoms with E-state index in [1.165, 1.54) is 0 Å². The summed E-state index contributed by atoms with van der Waals surface area (Å²) in [7, 11) is 0. The minimum absolute atomic E-state index is 0.0655. The Kier molecular flexibility index (Phi) is 6.23. The quantitative estimate of drug-likeness (QED) is 0.284. The monoisotopic (exact) mass is 450 g/mol. The molecule has 6 nitrogen and oxygen atoms in total. The maximum Gasteiger partial charge on any atom is 0.163 e. The van der Waals surface area contributed by atoms with Gasteiger partial charge in [-0.3, -0.25) is 0 Å². The molecule has 2 aromatic heterocycles. The van der Waals surface area contributed by atoms with Crippen molar-refractivity contribution in [2.45, 2.75) is 19.6 Å². The second-order valence-electron chi connectivity index (χ2n) is 8.21. The molecule has 170 valence electrons. The molecule has 0 aliphatic rings. The van der Waals surface area contributed by atoms with Gasteiger partial charge in [0, 0.05) is 5.56 Å². The molecule has 0 spiro atoms. The number of aliphatic hydroxyl groups is 1. The van der Waals surface area contributed by atoms with Gasteiger partial charge in [0.15, 0.2) is 5.82 Å². The van der Waals surface area contributed by atoms with Gasteiger partial charge in [0.05, 0.1) is 23.7 Å². The minimum atomic E-state index is -0.301. The van der Waals surface area contributed by atoms with E-state index in [0.29, 0.717) is 23.9 Å². The van der Waals surface area contributed by atoms with Crippen LogP contribution in [0.2, 0.25) is 0 Å². The number of hydrogen-bond acceptors (Lipinski definition) is 5. The van der Waals surface area contributed by atoms with Crippen LogP contribution >= 0.6 is 0 Å². The molecule has 2 heterocycles. The summed E-state index contributed by atoms with van der Waals surface area (Å²) in [5.41, 5.74) is 4.65. The third kappa shape index (κ3) is 4.77. The van der Waals surface area contributed by atoms with Gasteiger partial charge in [0.2, 0.25) is 0 Å². The number of ether oxygens (including phenoxy) is 1. The van der Waals surface area contributed by atoms with Gasteiger partial charge < -0.3 is 20.1 Å². The van der Waals surface area contributed by atoms with E-state index in [2.05, 4.69) is 10.3 Å². The fourth-order valence-corrected chi connectivity index (χ4v) is 3.92. The van der Waals surface area contributed by atoms with Gasteiger partial charge in [0.25, 0.3) is 0 Å². The Labute approximate surface area is 198 Å². The first-order valence-corrected chi connectivity index (χ1v) is 11.3. The lowest BCUT2D eigenvalue weighted by Crippen LogP contribution is -2.16. The molecule has 0 aliphatic carbocycles. The number of rotatable bonds is 8. The number of aromatic nitrogens is 3. The van der Waals surface area contributed by atoms with Crippen LogP contribution in [0.5, 0.6) is 5.75 Å². The van der Waals surface area contributed by atoms with Crippen molar-refractivity contribution in [3.05, 3.63) is 108 Å². The second kappa shape index (κ2) is 9.77. The lowest BCUT2D eigenvalue weighted by molar-refractivity contribution is 0.276. The fraction of sp³-hybridized carbons (Fsp3) is 0.143. The summed E-state index contributed by atoms with van der Waals surface area (Å²) >= 11 is 0. The van der Waals surface area contributed by atoms with Crippen molar-refractivity contribution >= 4 is 16.9 Å². The molecule has 3 N–H and O–H groups in total. The number of hydrogen-bond donors (Lipinski definition) is 3. The van der Waals surface area contributed by atoms with Gasteiger partial charge in [-0.15, -0.1) is 0 Å². The van der Waals surface area contributed by atoms with Gasteiger partial charge in [0.1, 0.15) is 23.8 Å². The van der Waals surface area contributed by atoms with E-state index in [1.807, 2.05) is 97.9 Å². The van der Waals surface area contributed by atoms with Crippen LogP contribution in [0.4, 0.5) is 5.82 Å². The first-order valence-electron chi connectivity index (χ1n) is 11.3. The number of fused-ring (bicyclic) bond motifs is 1. The predicted octanol–water partition coefficient (Wildman–Crippen LogP) is 5.66. The summed E-state index contributed by atoms with van der Waals surface area (Å²) in [5, 5.41) is 14.4. The average Bonchev–Trinajstić information content (AvgIpc) is 3.30. The van der Waals surface area contributed by atoms with Gasteiger partial charge in [-0.25, -0.2) is 9.97 Å². The van der Waals surface area contributed by atoms with Crippen molar-refractivity contribution in [2.75, 3.05) is 11.9 Å². The van der Waals surface area contributed by atoms with E-state index < -0.39 is 0 Å². The summed E-state index contributed by atoms with van der Waals surface area (Å²) in [6, 6.07) is 29.4. The summed E-state index contributed by atoms with van der Waals surface area (Å²) < 4.78 is 5.99. The van der Waals surface area contributed by atoms with E-state index in [1.54, 1.807) is 0 Å². The zero-order valence-corrected chi connectivity index (χ0v) is 18.9. The molecule has 0 fully saturated rings. The Morgan fingerprint density at radius 1 is 0.912 bits per heavy atom. The van der Waals surface area contributed by atoms with Crippen molar-refractivity contribution < 1.29 is 9.84 Å². The topological polar surface area (TPSA) is 83.1 Å². The zero-order valence-electron chi connectivity index (χ0n) is 18.9. The number of aliphatic hydroxyl groups excluding tert-OH is 1. The maximum atomic E-state index is 10.1. The Morgan fingerprint density at radius 3 is 2.41 bits per heavy atom. The highest BCUT2D eigenvalue weighted by Gasteiger charge is 2.17. The highest BCUT2D eigenvalue weighted by molar-refractivity contribution is 5.89. The van der Waals surface area contributed by atoms with E-state index in [4.69, 9.17) is 14.7 Å². The van der Waals surface area contributed by atoms with Gasteiger partial charge >= 0.3 is 0 Å². The first-order chi connectivity index (χ1) is 16.7. The lowest BCUT2D eigenvalue weighted by atomic mass is 10.1. The van der Waals surface area contributed by atoms with Crippen LogP contribution in [0.3, 0.4) is 0 Å². The van der Waals surface area contributed by atoms with Crippen LogP contribution in [0.15, 0.2) is 91.0 Å². The molecule has 5 rings (SSSR count). The zero-order chi connectivity index (χ0) is 23.3. The van der Waals surface area contributed by atoms with Crippen molar-refractivity contribution in [3.63, 3.8) is 0 Å². The van der Waals surface area contributed by atoms with E-state index in [9.17, 15) is 5.11 Å². The molecule has 3 aromatic carbocycles. The Hall–Kier alpha value is -4.16. The van der Waals surface area contributed by atoms with Crippen LogP contribution < -0.4 is 10.1 Å². The molecule has 5 aromatic rings. The third-order valence-electron chi connectivity index (χ3n) is 5.65. The predicted molar refractivity (Wildman–Crippen MR) is 135 cm³/mol. The van der Waals surface area contributed by atoms with E-state index in [0.717, 1.165) is 33.5 Å². The lowest BCUT2D eigenvalue weighted by Gasteiger charge is -2.18. The number of nitrogens with zero attached hydrogens (tertiary/aromatic N) is 2. The number of benzene rings is 3. The van der Waals surface area contributed by atoms with Crippen LogP contribution in [-0.2, 0) is 6.61 Å². The highest BCUT2D eigenvalue weighted by atomic mass is 16.5. The number of H-pyrrole nitrogens is 1. The summed E-state index contributed by atoms with van der Waals surface area (Å²) in [4.78, 5) is 13.0. The molecule has 0 amide bonds. The van der Waals surface area contributed by atoms with Crippen molar-refractivity contribution in [3.8, 4) is 17.1 Å². The van der Waals surface area contributed by atoms with Gasteiger partial charge in [-0.2, -0.15) is 0 Å². The first kappa shape index (κ1) is 21.7. The molecule has 0 saturated carbocycles. The molecule has 0 aliphatic heterocycles. The molecule has 6 heteroatoms. The Morgan fingerprint density at radius 2 is 1.68 bits per heavy atom. The molecule has 0 saturated heterocycles. The molecular formula is C28H26N4O2. The molecule has 34 heavy (non-hydrogen) atoms. The number of nitrogens with one attached hydrogen (secondary N) is 2. The van der Waals surface area contributed by atoms with Gasteiger partial charge in [-0.05, 0) is 36.2 Å². The molecular weight excluding hydrogens is 424 g/mol. The van der Waals surface area contributed by atoms with Crippen molar-refractivity contribution in [2.24, 2.45) is 0 Å². The van der Waals surface area contributed by atoms with Crippen LogP contribution in [-0.4, -0.2) is 26.7 Å². The van der Waals surface area contributed by atoms with Gasteiger partial charge in [-0.1, -0.05) is 72.8 Å². The molecule has 0 unspecified atom stereocenters. The van der Waals surface area contributed by atoms with Crippen molar-refractivity contribution in [1.29, 1.82) is 0 Å². The summed E-state index contributed by atoms with van der Waals surface area (Å²) in [6.45, 7) is 2.35. The molecule has 1 atom stereocenters. The third-order valence-corrected chi connectivity index (χ3v) is 5.65. The van der Waals surface area contributed by atoms with Crippen LogP contribution in [0.1, 0.15) is 22.9 Å². The Balaban J connectivity index is 1.51. The Bertz CT molecular complexity index is 1380. The highest BCUT2D eigenvalue weighted by Crippen LogP contribution is 2.29. The SMILES string of the molecule is Cc1cccc(OCc2cc3c(N[C@H](CO)c4ccccc4)nc(-c4ccccc4)nc3[nH]2)c1. The fourth-order valence-electron chi connectivity index (χ4n) is 3.92.